The molecule has 0 amide bonds. The summed E-state index contributed by atoms with van der Waals surface area (Å²) in [5.74, 6) is 0. The number of hydrogen-bond donors (Lipinski definition) is 5. The van der Waals surface area contributed by atoms with Crippen LogP contribution in [0.1, 0.15) is 109 Å². The highest BCUT2D eigenvalue weighted by Crippen LogP contribution is 2.30. The second-order valence-corrected chi connectivity index (χ2v) is 16.7. The minimum atomic E-state index is -0.784. The van der Waals surface area contributed by atoms with E-state index in [2.05, 4.69) is 5.32 Å². The largest absolute Gasteiger partial charge is 0.393 e. The van der Waals surface area contributed by atoms with Crippen LogP contribution in [0.3, 0.4) is 0 Å². The molecule has 0 aliphatic carbocycles. The molecule has 47 heavy (non-hydrogen) atoms. The second kappa shape index (κ2) is 20.4. The molecule has 284 valence electrons. The number of aliphatic hydroxyl groups is 1. The van der Waals surface area contributed by atoms with Crippen LogP contribution in [0, 0.1) is 5.41 Å². The molecule has 0 aromatic heterocycles. The molecule has 0 fully saturated rings. The number of nitrogens with two attached hydrogens (primary N) is 3. The molecular weight excluding hydrogens is 604 g/mol. The average Bonchev–Trinajstić information content (AvgIpc) is 2.94. The van der Waals surface area contributed by atoms with Crippen molar-refractivity contribution in [3.63, 3.8) is 0 Å². The predicted molar refractivity (Wildman–Crippen MR) is 189 cm³/mol. The van der Waals surface area contributed by atoms with E-state index in [4.69, 9.17) is 50.4 Å². The lowest BCUT2D eigenvalue weighted by Gasteiger charge is -2.41. The average molecular weight is 681 g/mol. The molecule has 0 saturated heterocycles. The maximum Gasteiger partial charge on any atom is 0.107 e. The first kappa shape index (κ1) is 46.5. The summed E-state index contributed by atoms with van der Waals surface area (Å²) in [5.41, 5.74) is 13.4. The normalized spacial score (nSPS) is 15.0. The van der Waals surface area contributed by atoms with Crippen LogP contribution in [0.5, 0.6) is 0 Å². The summed E-state index contributed by atoms with van der Waals surface area (Å²) in [7, 11) is 0. The van der Waals surface area contributed by atoms with Gasteiger partial charge in [0.05, 0.1) is 92.0 Å². The SMILES string of the molecule is CC(NCOC(C)(C)CCN)OCC(COC(C)(C)CO)(COC(C)(C)COC(C)(C)CCN)COC(C)(C)COC(C)(C)CCN. The molecule has 8 N–H and O–H groups in total. The van der Waals surface area contributed by atoms with Crippen LogP contribution < -0.4 is 22.5 Å². The van der Waals surface area contributed by atoms with Crippen molar-refractivity contribution in [1.29, 1.82) is 0 Å². The highest BCUT2D eigenvalue weighted by atomic mass is 16.6. The van der Waals surface area contributed by atoms with Gasteiger partial charge in [0.15, 0.2) is 0 Å². The molecule has 0 bridgehead atoms. The fourth-order valence-electron chi connectivity index (χ4n) is 4.14. The second-order valence-electron chi connectivity index (χ2n) is 16.7. The van der Waals surface area contributed by atoms with Gasteiger partial charge in [-0.3, -0.25) is 5.32 Å². The Kier molecular flexibility index (Phi) is 20.2. The summed E-state index contributed by atoms with van der Waals surface area (Å²) in [5, 5.41) is 13.3. The third-order valence-corrected chi connectivity index (χ3v) is 8.02. The first-order valence-corrected chi connectivity index (χ1v) is 17.3. The molecule has 1 atom stereocenters. The van der Waals surface area contributed by atoms with E-state index in [0.29, 0.717) is 39.6 Å². The Bertz CT molecular complexity index is 798. The summed E-state index contributed by atoms with van der Waals surface area (Å²) in [6.45, 7) is 29.2. The lowest BCUT2D eigenvalue weighted by atomic mass is 9.90. The fraction of sp³-hybridized carbons (Fsp3) is 1.00. The Morgan fingerprint density at radius 3 is 1.19 bits per heavy atom. The first-order chi connectivity index (χ1) is 21.4. The number of rotatable bonds is 29. The molecule has 0 radical (unpaired) electrons. The quantitative estimate of drug-likeness (QED) is 0.0726. The topological polar surface area (TPSA) is 175 Å². The molecule has 0 saturated carbocycles. The van der Waals surface area contributed by atoms with Crippen LogP contribution in [0.25, 0.3) is 0 Å². The molecule has 12 heteroatoms. The van der Waals surface area contributed by atoms with E-state index < -0.39 is 22.2 Å². The van der Waals surface area contributed by atoms with Gasteiger partial charge in [-0.05, 0) is 129 Å². The third kappa shape index (κ3) is 22.1. The number of ether oxygens (including phenoxy) is 7. The van der Waals surface area contributed by atoms with Crippen LogP contribution in [-0.2, 0) is 33.2 Å². The van der Waals surface area contributed by atoms with Crippen LogP contribution >= 0.6 is 0 Å². The van der Waals surface area contributed by atoms with Gasteiger partial charge in [0.2, 0.25) is 0 Å². The van der Waals surface area contributed by atoms with E-state index in [-0.39, 0.29) is 56.1 Å². The van der Waals surface area contributed by atoms with Crippen molar-refractivity contribution in [2.24, 2.45) is 22.6 Å². The van der Waals surface area contributed by atoms with Gasteiger partial charge in [0.25, 0.3) is 0 Å². The maximum absolute atomic E-state index is 10.0. The van der Waals surface area contributed by atoms with Gasteiger partial charge in [-0.25, -0.2) is 0 Å². The van der Waals surface area contributed by atoms with E-state index in [1.54, 1.807) is 0 Å². The Balaban J connectivity index is 6.11. The van der Waals surface area contributed by atoms with Gasteiger partial charge in [-0.1, -0.05) is 0 Å². The van der Waals surface area contributed by atoms with Crippen molar-refractivity contribution in [3.8, 4) is 0 Å². The van der Waals surface area contributed by atoms with Crippen molar-refractivity contribution in [2.75, 3.05) is 72.6 Å². The maximum atomic E-state index is 10.0. The van der Waals surface area contributed by atoms with Crippen LogP contribution in [0.2, 0.25) is 0 Å². The third-order valence-electron chi connectivity index (χ3n) is 8.02. The minimum Gasteiger partial charge on any atom is -0.393 e. The summed E-state index contributed by atoms with van der Waals surface area (Å²) in [6.07, 6.45) is 1.85. The van der Waals surface area contributed by atoms with Gasteiger partial charge >= 0.3 is 0 Å². The van der Waals surface area contributed by atoms with Gasteiger partial charge < -0.3 is 55.5 Å². The summed E-state index contributed by atoms with van der Waals surface area (Å²) >= 11 is 0. The predicted octanol–water partition coefficient (Wildman–Crippen LogP) is 3.69. The lowest BCUT2D eigenvalue weighted by Crippen LogP contribution is -2.50. The Hall–Kier alpha value is -0.480. The van der Waals surface area contributed by atoms with Crippen LogP contribution in [-0.4, -0.2) is 118 Å². The molecule has 1 unspecified atom stereocenters. The monoisotopic (exact) mass is 681 g/mol. The molecule has 0 aromatic carbocycles. The van der Waals surface area contributed by atoms with Crippen molar-refractivity contribution >= 4 is 0 Å². The van der Waals surface area contributed by atoms with Gasteiger partial charge in [-0.2, -0.15) is 0 Å². The Morgan fingerprint density at radius 2 is 0.830 bits per heavy atom. The number of nitrogens with one attached hydrogen (secondary N) is 1. The Morgan fingerprint density at radius 1 is 0.489 bits per heavy atom. The van der Waals surface area contributed by atoms with E-state index >= 15 is 0 Å². The first-order valence-electron chi connectivity index (χ1n) is 17.3. The zero-order valence-corrected chi connectivity index (χ0v) is 32.5. The van der Waals surface area contributed by atoms with E-state index in [0.717, 1.165) is 19.3 Å². The van der Waals surface area contributed by atoms with Gasteiger partial charge in [0, 0.05) is 0 Å². The highest BCUT2D eigenvalue weighted by Gasteiger charge is 2.40. The molecule has 0 spiro atoms. The zero-order chi connectivity index (χ0) is 36.6. The summed E-state index contributed by atoms with van der Waals surface area (Å²) in [6, 6.07) is 0. The van der Waals surface area contributed by atoms with Crippen molar-refractivity contribution < 1.29 is 38.3 Å². The number of aliphatic hydroxyl groups excluding tert-OH is 1. The van der Waals surface area contributed by atoms with Gasteiger partial charge in [-0.15, -0.1) is 0 Å². The van der Waals surface area contributed by atoms with Gasteiger partial charge in [0.1, 0.15) is 6.23 Å². The van der Waals surface area contributed by atoms with Crippen LogP contribution in [0.4, 0.5) is 0 Å². The lowest BCUT2D eigenvalue weighted by molar-refractivity contribution is -0.205. The molecule has 0 aliphatic heterocycles. The van der Waals surface area contributed by atoms with Crippen molar-refractivity contribution in [3.05, 3.63) is 0 Å². The van der Waals surface area contributed by atoms with Crippen molar-refractivity contribution in [2.45, 2.75) is 149 Å². The highest BCUT2D eigenvalue weighted by molar-refractivity contribution is 4.86. The summed E-state index contributed by atoms with van der Waals surface area (Å²) in [4.78, 5) is 0. The van der Waals surface area contributed by atoms with Crippen molar-refractivity contribution in [1.82, 2.24) is 5.32 Å². The fourth-order valence-corrected chi connectivity index (χ4v) is 4.14. The van der Waals surface area contributed by atoms with E-state index in [9.17, 15) is 5.11 Å². The smallest absolute Gasteiger partial charge is 0.107 e. The van der Waals surface area contributed by atoms with E-state index in [1.807, 2.05) is 90.0 Å². The standard InChI is InChI=1S/C35H76N4O8/c1-28(39-27-47-31(6,7)16-19-38)41-23-35(24-44-32(8,9)20-40,25-45-33(10,11)21-42-29(2,3)14-17-36)26-46-34(12,13)22-43-30(4,5)15-18-37/h28,39-40H,14-27,36-38H2,1-13H3. The number of hydrogen-bond acceptors (Lipinski definition) is 12. The van der Waals surface area contributed by atoms with Crippen LogP contribution in [0.15, 0.2) is 0 Å². The Labute approximate surface area is 287 Å². The minimum absolute atomic E-state index is 0.148. The molecule has 0 heterocycles. The molecular formula is C35H76N4O8. The molecule has 0 rings (SSSR count). The molecule has 12 nitrogen and oxygen atoms in total. The zero-order valence-electron chi connectivity index (χ0n) is 32.5. The molecule has 0 aromatic rings. The van der Waals surface area contributed by atoms with E-state index in [1.165, 1.54) is 0 Å². The summed E-state index contributed by atoms with van der Waals surface area (Å²) < 4.78 is 44.4. The molecule has 0 aliphatic rings.